The summed E-state index contributed by atoms with van der Waals surface area (Å²) in [6, 6.07) is 14.3. The van der Waals surface area contributed by atoms with Gasteiger partial charge in [-0.05, 0) is 43.0 Å². The van der Waals surface area contributed by atoms with E-state index in [2.05, 4.69) is 39.5 Å². The number of aromatic nitrogens is 1. The van der Waals surface area contributed by atoms with Crippen LogP contribution in [0, 0.1) is 5.92 Å². The van der Waals surface area contributed by atoms with Crippen LogP contribution in [0.1, 0.15) is 30.5 Å². The summed E-state index contributed by atoms with van der Waals surface area (Å²) in [6.07, 6.45) is 5.24. The van der Waals surface area contributed by atoms with Gasteiger partial charge >= 0.3 is 0 Å². The average molecular weight is 393 g/mol. The number of benzene rings is 1. The molecule has 1 aromatic carbocycles. The van der Waals surface area contributed by atoms with Gasteiger partial charge in [-0.2, -0.15) is 0 Å². The molecule has 6 heteroatoms. The number of para-hydroxylation sites is 1. The largest absolute Gasteiger partial charge is 0.371 e. The van der Waals surface area contributed by atoms with Gasteiger partial charge in [0.05, 0.1) is 18.2 Å². The van der Waals surface area contributed by atoms with Gasteiger partial charge in [0.25, 0.3) is 0 Å². The van der Waals surface area contributed by atoms with Crippen molar-refractivity contribution in [2.24, 2.45) is 5.92 Å². The summed E-state index contributed by atoms with van der Waals surface area (Å²) in [4.78, 5) is 33.2. The molecule has 152 valence electrons. The van der Waals surface area contributed by atoms with Crippen molar-refractivity contribution < 1.29 is 9.59 Å². The number of nitrogens with zero attached hydrogens (tertiary/aromatic N) is 3. The molecule has 1 N–H and O–H groups in total. The van der Waals surface area contributed by atoms with Crippen molar-refractivity contribution in [3.63, 3.8) is 0 Å². The van der Waals surface area contributed by atoms with Gasteiger partial charge < -0.3 is 15.1 Å². The predicted octanol–water partition coefficient (Wildman–Crippen LogP) is 2.39. The number of rotatable bonds is 7. The van der Waals surface area contributed by atoms with Crippen LogP contribution in [-0.4, -0.2) is 47.9 Å². The van der Waals surface area contributed by atoms with Crippen LogP contribution in [0.15, 0.2) is 48.7 Å². The molecule has 0 radical (unpaired) electrons. The summed E-state index contributed by atoms with van der Waals surface area (Å²) in [6.45, 7) is 3.60. The molecule has 2 amide bonds. The molecule has 0 spiro atoms. The van der Waals surface area contributed by atoms with Crippen LogP contribution < -0.4 is 10.2 Å². The molecule has 1 aromatic heterocycles. The molecule has 6 nitrogen and oxygen atoms in total. The highest BCUT2D eigenvalue weighted by Crippen LogP contribution is 2.26. The standard InChI is InChI=1S/C23H28N4O2/c28-22-15-19(16-27(22)17-20-9-3-4-11-24-20)23(29)25-12-6-14-26-13-5-8-18-7-1-2-10-21(18)26/h1-4,7,9-11,19H,5-6,8,12-17H2,(H,25,29). The molecule has 1 atom stereocenters. The fourth-order valence-corrected chi connectivity index (χ4v) is 4.26. The minimum absolute atomic E-state index is 0.0130. The van der Waals surface area contributed by atoms with Crippen LogP contribution in [0.2, 0.25) is 0 Å². The topological polar surface area (TPSA) is 65.5 Å². The minimum atomic E-state index is -0.262. The third kappa shape index (κ3) is 4.75. The third-order valence-electron chi connectivity index (χ3n) is 5.77. The molecule has 0 aliphatic carbocycles. The second-order valence-electron chi connectivity index (χ2n) is 7.86. The Morgan fingerprint density at radius 3 is 2.86 bits per heavy atom. The van der Waals surface area contributed by atoms with Gasteiger partial charge in [-0.15, -0.1) is 0 Å². The van der Waals surface area contributed by atoms with Crippen molar-refractivity contribution in [3.05, 3.63) is 59.9 Å². The van der Waals surface area contributed by atoms with E-state index in [0.717, 1.165) is 31.6 Å². The van der Waals surface area contributed by atoms with Crippen molar-refractivity contribution in [1.29, 1.82) is 0 Å². The van der Waals surface area contributed by atoms with Crippen LogP contribution in [-0.2, 0) is 22.6 Å². The second kappa shape index (κ2) is 9.07. The maximum absolute atomic E-state index is 12.5. The van der Waals surface area contributed by atoms with E-state index < -0.39 is 0 Å². The Morgan fingerprint density at radius 2 is 2.00 bits per heavy atom. The zero-order chi connectivity index (χ0) is 20.1. The van der Waals surface area contributed by atoms with E-state index in [1.807, 2.05) is 18.2 Å². The van der Waals surface area contributed by atoms with Crippen LogP contribution in [0.5, 0.6) is 0 Å². The predicted molar refractivity (Wildman–Crippen MR) is 112 cm³/mol. The normalized spacial score (nSPS) is 18.6. The minimum Gasteiger partial charge on any atom is -0.371 e. The third-order valence-corrected chi connectivity index (χ3v) is 5.77. The first-order valence-electron chi connectivity index (χ1n) is 10.5. The fourth-order valence-electron chi connectivity index (χ4n) is 4.26. The Labute approximate surface area is 171 Å². The fraction of sp³-hybridized carbons (Fsp3) is 0.435. The second-order valence-corrected chi connectivity index (χ2v) is 7.86. The molecule has 29 heavy (non-hydrogen) atoms. The molecule has 1 fully saturated rings. The van der Waals surface area contributed by atoms with Crippen LogP contribution >= 0.6 is 0 Å². The summed E-state index contributed by atoms with van der Waals surface area (Å²) >= 11 is 0. The molecular weight excluding hydrogens is 364 g/mol. The highest BCUT2D eigenvalue weighted by Gasteiger charge is 2.34. The van der Waals surface area contributed by atoms with Crippen molar-refractivity contribution in [2.45, 2.75) is 32.2 Å². The number of hydrogen-bond donors (Lipinski definition) is 1. The van der Waals surface area contributed by atoms with Crippen molar-refractivity contribution in [3.8, 4) is 0 Å². The van der Waals surface area contributed by atoms with Gasteiger partial charge in [0.1, 0.15) is 0 Å². The lowest BCUT2D eigenvalue weighted by molar-refractivity contribution is -0.129. The zero-order valence-corrected chi connectivity index (χ0v) is 16.7. The van der Waals surface area contributed by atoms with E-state index in [0.29, 0.717) is 19.6 Å². The number of hydrogen-bond acceptors (Lipinski definition) is 4. The number of anilines is 1. The number of aryl methyl sites for hydroxylation is 1. The molecule has 2 aliphatic heterocycles. The average Bonchev–Trinajstić information content (AvgIpc) is 3.12. The molecule has 2 aromatic rings. The number of amides is 2. The highest BCUT2D eigenvalue weighted by atomic mass is 16.2. The summed E-state index contributed by atoms with van der Waals surface area (Å²) in [5.41, 5.74) is 3.60. The van der Waals surface area contributed by atoms with Gasteiger partial charge in [-0.3, -0.25) is 14.6 Å². The first-order chi connectivity index (χ1) is 14.2. The first-order valence-corrected chi connectivity index (χ1v) is 10.5. The quantitative estimate of drug-likeness (QED) is 0.735. The van der Waals surface area contributed by atoms with E-state index in [9.17, 15) is 9.59 Å². The van der Waals surface area contributed by atoms with Gasteiger partial charge in [0, 0.05) is 44.5 Å². The number of carbonyl (C=O) groups is 2. The Kier molecular flexibility index (Phi) is 6.08. The zero-order valence-electron chi connectivity index (χ0n) is 16.7. The Hall–Kier alpha value is -2.89. The lowest BCUT2D eigenvalue weighted by atomic mass is 10.0. The molecule has 0 saturated carbocycles. The van der Waals surface area contributed by atoms with E-state index in [4.69, 9.17) is 0 Å². The molecule has 0 bridgehead atoms. The Morgan fingerprint density at radius 1 is 1.14 bits per heavy atom. The molecule has 2 aliphatic rings. The van der Waals surface area contributed by atoms with Gasteiger partial charge in [-0.1, -0.05) is 24.3 Å². The van der Waals surface area contributed by atoms with Crippen LogP contribution in [0.4, 0.5) is 5.69 Å². The number of likely N-dealkylation sites (tertiary alicyclic amines) is 1. The number of carbonyl (C=O) groups excluding carboxylic acids is 2. The van der Waals surface area contributed by atoms with Gasteiger partial charge in [0.15, 0.2) is 0 Å². The Balaban J connectivity index is 1.21. The van der Waals surface area contributed by atoms with E-state index in [1.165, 1.54) is 17.7 Å². The summed E-state index contributed by atoms with van der Waals surface area (Å²) in [7, 11) is 0. The summed E-state index contributed by atoms with van der Waals surface area (Å²) in [5, 5.41) is 3.03. The summed E-state index contributed by atoms with van der Waals surface area (Å²) in [5.74, 6) is -0.247. The van der Waals surface area contributed by atoms with E-state index in [-0.39, 0.29) is 24.2 Å². The lowest BCUT2D eigenvalue weighted by Crippen LogP contribution is -2.36. The maximum atomic E-state index is 12.5. The molecule has 1 saturated heterocycles. The molecule has 3 heterocycles. The Bertz CT molecular complexity index is 855. The van der Waals surface area contributed by atoms with Gasteiger partial charge in [0.2, 0.25) is 11.8 Å². The van der Waals surface area contributed by atoms with Crippen LogP contribution in [0.3, 0.4) is 0 Å². The van der Waals surface area contributed by atoms with E-state index in [1.54, 1.807) is 11.1 Å². The number of nitrogens with one attached hydrogen (secondary N) is 1. The molecular formula is C23H28N4O2. The lowest BCUT2D eigenvalue weighted by Gasteiger charge is -2.31. The highest BCUT2D eigenvalue weighted by molar-refractivity contribution is 5.89. The van der Waals surface area contributed by atoms with Crippen LogP contribution in [0.25, 0.3) is 0 Å². The number of fused-ring (bicyclic) bond motifs is 1. The molecule has 4 rings (SSSR count). The number of pyridine rings is 1. The SMILES string of the molecule is O=C(NCCCN1CCCc2ccccc21)C1CC(=O)N(Cc2ccccn2)C1. The van der Waals surface area contributed by atoms with Crippen molar-refractivity contribution in [1.82, 2.24) is 15.2 Å². The van der Waals surface area contributed by atoms with E-state index >= 15 is 0 Å². The monoisotopic (exact) mass is 392 g/mol. The molecule has 1 unspecified atom stereocenters. The summed E-state index contributed by atoms with van der Waals surface area (Å²) < 4.78 is 0. The smallest absolute Gasteiger partial charge is 0.225 e. The van der Waals surface area contributed by atoms with Crippen molar-refractivity contribution in [2.75, 3.05) is 31.1 Å². The first kappa shape index (κ1) is 19.4. The van der Waals surface area contributed by atoms with Gasteiger partial charge in [-0.25, -0.2) is 0 Å². The van der Waals surface area contributed by atoms with Crippen molar-refractivity contribution >= 4 is 17.5 Å². The maximum Gasteiger partial charge on any atom is 0.225 e.